The minimum Gasteiger partial charge on any atom is -0.493 e. The molecule has 3 N–H and O–H groups in total. The number of carbonyl (C=O) groups is 1. The second-order valence-corrected chi connectivity index (χ2v) is 8.24. The molecule has 11 heteroatoms. The molecule has 1 atom stereocenters. The van der Waals surface area contributed by atoms with Crippen LogP contribution in [0.25, 0.3) is 22.5 Å². The van der Waals surface area contributed by atoms with Gasteiger partial charge in [-0.25, -0.2) is 19.3 Å². The smallest absolute Gasteiger partial charge is 0.345 e. The fraction of sp³-hybridized carbons (Fsp3) is 0.261. The van der Waals surface area contributed by atoms with Crippen LogP contribution in [0.3, 0.4) is 0 Å². The minimum atomic E-state index is -0.695. The number of ether oxygens (including phenoxy) is 2. The van der Waals surface area contributed by atoms with E-state index in [1.54, 1.807) is 48.5 Å². The third kappa shape index (κ3) is 6.94. The van der Waals surface area contributed by atoms with Crippen LogP contribution in [0.2, 0.25) is 5.02 Å². The van der Waals surface area contributed by atoms with Gasteiger partial charge in [0, 0.05) is 22.7 Å². The van der Waals surface area contributed by atoms with Gasteiger partial charge in [0.2, 0.25) is 0 Å². The van der Waals surface area contributed by atoms with Crippen molar-refractivity contribution in [1.29, 1.82) is 0 Å². The van der Waals surface area contributed by atoms with Crippen LogP contribution in [-0.2, 0) is 4.79 Å². The first-order valence-corrected chi connectivity index (χ1v) is 11.6. The molecule has 8 nitrogen and oxygen atoms in total. The van der Waals surface area contributed by atoms with E-state index >= 15 is 0 Å². The molecular weight excluding hydrogens is 503 g/mol. The zero-order valence-electron chi connectivity index (χ0n) is 18.2. The van der Waals surface area contributed by atoms with Crippen molar-refractivity contribution in [1.82, 2.24) is 19.6 Å². The van der Waals surface area contributed by atoms with Crippen molar-refractivity contribution in [2.45, 2.75) is 25.3 Å². The van der Waals surface area contributed by atoms with E-state index in [0.717, 1.165) is 18.4 Å². The lowest BCUT2D eigenvalue weighted by atomic mass is 10.1. The maximum absolute atomic E-state index is 12.6. The number of halogens is 3. The molecule has 0 amide bonds. The normalized spacial score (nSPS) is 11.8. The molecule has 1 heterocycles. The van der Waals surface area contributed by atoms with Crippen molar-refractivity contribution in [3.63, 3.8) is 0 Å². The molecule has 0 spiro atoms. The predicted molar refractivity (Wildman–Crippen MR) is 133 cm³/mol. The number of hydrogen-bond acceptors (Lipinski definition) is 7. The molecular formula is C23H23Cl3N4O4. The molecule has 34 heavy (non-hydrogen) atoms. The van der Waals surface area contributed by atoms with E-state index in [1.807, 2.05) is 0 Å². The molecule has 0 bridgehead atoms. The van der Waals surface area contributed by atoms with Crippen LogP contribution in [0.4, 0.5) is 0 Å². The SMILES string of the molecule is COc1cc(-c2cc(-c3ccc(Cl)cc3)nc(=O)[nH]2)ccc1OC(=O)[C@@H](CCCCNCl)NCl. The number of benzene rings is 2. The zero-order valence-corrected chi connectivity index (χ0v) is 20.5. The molecule has 0 aliphatic heterocycles. The Morgan fingerprint density at radius 2 is 1.79 bits per heavy atom. The molecule has 3 aromatic rings. The second-order valence-electron chi connectivity index (χ2n) is 7.32. The standard InChI is InChI=1S/C23H23Cl3N4O4/c1-33-21-12-15(7-10-20(21)34-22(31)17(30-26)4-2-3-11-27-25)19-13-18(28-23(32)29-19)14-5-8-16(24)9-6-14/h5-10,12-13,17,27,30H,2-4,11H2,1H3,(H,28,29,32)/t17-/m1/s1. The number of nitrogens with one attached hydrogen (secondary N) is 3. The first kappa shape index (κ1) is 26.0. The molecule has 0 saturated carbocycles. The fourth-order valence-corrected chi connectivity index (χ4v) is 3.70. The van der Waals surface area contributed by atoms with Gasteiger partial charge < -0.3 is 14.5 Å². The lowest BCUT2D eigenvalue weighted by Gasteiger charge is -2.16. The first-order valence-electron chi connectivity index (χ1n) is 10.4. The number of unbranched alkanes of at least 4 members (excludes halogenated alkanes) is 1. The second kappa shape index (κ2) is 12.7. The third-order valence-corrected chi connectivity index (χ3v) is 5.70. The van der Waals surface area contributed by atoms with Crippen LogP contribution >= 0.6 is 35.2 Å². The molecule has 2 aromatic carbocycles. The highest BCUT2D eigenvalue weighted by Gasteiger charge is 2.21. The summed E-state index contributed by atoms with van der Waals surface area (Å²) in [6.07, 6.45) is 1.99. The number of hydrogen-bond donors (Lipinski definition) is 3. The van der Waals surface area contributed by atoms with Gasteiger partial charge in [-0.3, -0.25) is 0 Å². The van der Waals surface area contributed by atoms with Gasteiger partial charge in [0.05, 0.1) is 18.5 Å². The van der Waals surface area contributed by atoms with Crippen molar-refractivity contribution in [3.05, 3.63) is 64.0 Å². The highest BCUT2D eigenvalue weighted by molar-refractivity contribution is 6.30. The Morgan fingerprint density at radius 1 is 1.06 bits per heavy atom. The highest BCUT2D eigenvalue weighted by Crippen LogP contribution is 2.33. The van der Waals surface area contributed by atoms with Gasteiger partial charge in [0.25, 0.3) is 0 Å². The summed E-state index contributed by atoms with van der Waals surface area (Å²) in [4.78, 5) is 36.5. The van der Waals surface area contributed by atoms with Crippen LogP contribution in [0.1, 0.15) is 19.3 Å². The van der Waals surface area contributed by atoms with Crippen molar-refractivity contribution in [2.24, 2.45) is 0 Å². The zero-order chi connectivity index (χ0) is 24.5. The van der Waals surface area contributed by atoms with Crippen molar-refractivity contribution < 1.29 is 14.3 Å². The average molecular weight is 526 g/mol. The summed E-state index contributed by atoms with van der Waals surface area (Å²) in [7, 11) is 1.46. The van der Waals surface area contributed by atoms with Gasteiger partial charge in [0.1, 0.15) is 6.04 Å². The summed E-state index contributed by atoms with van der Waals surface area (Å²) >= 11 is 17.1. The van der Waals surface area contributed by atoms with Crippen molar-refractivity contribution in [3.8, 4) is 34.0 Å². The van der Waals surface area contributed by atoms with Crippen molar-refractivity contribution >= 4 is 41.1 Å². The van der Waals surface area contributed by atoms with Crippen LogP contribution in [-0.4, -0.2) is 35.6 Å². The molecule has 0 aliphatic rings. The van der Waals surface area contributed by atoms with E-state index in [2.05, 4.69) is 19.6 Å². The van der Waals surface area contributed by atoms with Crippen LogP contribution in [0.5, 0.6) is 11.5 Å². The molecule has 3 rings (SSSR count). The molecule has 0 radical (unpaired) electrons. The van der Waals surface area contributed by atoms with E-state index in [1.165, 1.54) is 7.11 Å². The largest absolute Gasteiger partial charge is 0.493 e. The molecule has 1 aromatic heterocycles. The molecule has 0 aliphatic carbocycles. The minimum absolute atomic E-state index is 0.227. The topological polar surface area (TPSA) is 105 Å². The molecule has 0 saturated heterocycles. The van der Waals surface area contributed by atoms with Gasteiger partial charge >= 0.3 is 11.7 Å². The number of carbonyl (C=O) groups excluding carboxylic acids is 1. The maximum atomic E-state index is 12.6. The molecule has 0 unspecified atom stereocenters. The number of nitrogens with zero attached hydrogens (tertiary/aromatic N) is 1. The van der Waals surface area contributed by atoms with E-state index in [-0.39, 0.29) is 5.75 Å². The van der Waals surface area contributed by atoms with E-state index in [4.69, 9.17) is 44.6 Å². The van der Waals surface area contributed by atoms with E-state index in [9.17, 15) is 9.59 Å². The molecule has 180 valence electrons. The van der Waals surface area contributed by atoms with E-state index < -0.39 is 17.7 Å². The van der Waals surface area contributed by atoms with Crippen LogP contribution < -0.4 is 24.8 Å². The van der Waals surface area contributed by atoms with E-state index in [0.29, 0.717) is 40.7 Å². The van der Waals surface area contributed by atoms with Gasteiger partial charge in [-0.15, -0.1) is 0 Å². The van der Waals surface area contributed by atoms with Gasteiger partial charge in [-0.1, -0.05) is 23.7 Å². The third-order valence-electron chi connectivity index (χ3n) is 5.00. The number of esters is 1. The Hall–Kier alpha value is -2.62. The maximum Gasteiger partial charge on any atom is 0.345 e. The Bertz CT molecular complexity index is 1170. The Balaban J connectivity index is 1.81. The number of aromatic amines is 1. The van der Waals surface area contributed by atoms with Crippen molar-refractivity contribution in [2.75, 3.05) is 13.7 Å². The lowest BCUT2D eigenvalue weighted by Crippen LogP contribution is -2.34. The van der Waals surface area contributed by atoms with Gasteiger partial charge in [0.15, 0.2) is 11.5 Å². The summed E-state index contributed by atoms with van der Waals surface area (Å²) < 4.78 is 10.9. The lowest BCUT2D eigenvalue weighted by molar-refractivity contribution is -0.136. The Morgan fingerprint density at radius 3 is 2.47 bits per heavy atom. The summed E-state index contributed by atoms with van der Waals surface area (Å²) in [5.41, 5.74) is 1.90. The highest BCUT2D eigenvalue weighted by atomic mass is 35.5. The number of aromatic nitrogens is 2. The number of rotatable bonds is 11. The van der Waals surface area contributed by atoms with Crippen LogP contribution in [0, 0.1) is 0 Å². The summed E-state index contributed by atoms with van der Waals surface area (Å²) in [6.45, 7) is 0.623. The summed E-state index contributed by atoms with van der Waals surface area (Å²) in [5.74, 6) is 0.00311. The quantitative estimate of drug-likeness (QED) is 0.144. The van der Waals surface area contributed by atoms with Gasteiger partial charge in [-0.2, -0.15) is 4.98 Å². The Labute approximate surface area is 211 Å². The van der Waals surface area contributed by atoms with Gasteiger partial charge in [-0.05, 0) is 79.2 Å². The monoisotopic (exact) mass is 524 g/mol. The number of H-pyrrole nitrogens is 1. The summed E-state index contributed by atoms with van der Waals surface area (Å²) in [6, 6.07) is 13.0. The average Bonchev–Trinajstić information content (AvgIpc) is 2.84. The summed E-state index contributed by atoms with van der Waals surface area (Å²) in [5, 5.41) is 0.586. The first-order chi connectivity index (χ1) is 16.4. The molecule has 0 fully saturated rings. The predicted octanol–water partition coefficient (Wildman–Crippen LogP) is 4.70. The fourth-order valence-electron chi connectivity index (χ4n) is 3.24. The number of methoxy groups -OCH3 is 1. The van der Waals surface area contributed by atoms with Crippen LogP contribution in [0.15, 0.2) is 53.3 Å². The Kier molecular flexibility index (Phi) is 9.74.